The van der Waals surface area contributed by atoms with Crippen LogP contribution in [0.1, 0.15) is 61.5 Å². The average molecular weight is 398 g/mol. The molecule has 1 aromatic carbocycles. The molecule has 0 aliphatic heterocycles. The first-order chi connectivity index (χ1) is 13.3. The van der Waals surface area contributed by atoms with Gasteiger partial charge >= 0.3 is 0 Å². The lowest BCUT2D eigenvalue weighted by Crippen LogP contribution is -2.23. The Kier molecular flexibility index (Phi) is 5.89. The lowest BCUT2D eigenvalue weighted by Gasteiger charge is -2.12. The predicted molar refractivity (Wildman–Crippen MR) is 108 cm³/mol. The quantitative estimate of drug-likeness (QED) is 0.642. The molecule has 0 saturated carbocycles. The molecule has 0 aliphatic rings. The zero-order valence-electron chi connectivity index (χ0n) is 16.1. The molecular formula is C20H22N4O3S. The van der Waals surface area contributed by atoms with Crippen LogP contribution in [0.2, 0.25) is 0 Å². The molecule has 146 valence electrons. The fourth-order valence-corrected chi connectivity index (χ4v) is 3.34. The van der Waals surface area contributed by atoms with Crippen LogP contribution in [0.5, 0.6) is 0 Å². The first kappa shape index (κ1) is 19.8. The van der Waals surface area contributed by atoms with Crippen molar-refractivity contribution in [2.24, 2.45) is 0 Å². The Hall–Kier alpha value is -3.00. The molecule has 2 amide bonds. The van der Waals surface area contributed by atoms with Crippen molar-refractivity contribution < 1.29 is 14.1 Å². The number of carbonyl (C=O) groups is 2. The minimum Gasteiger partial charge on any atom is -0.351 e. The van der Waals surface area contributed by atoms with Crippen LogP contribution in [0.25, 0.3) is 11.3 Å². The third kappa shape index (κ3) is 4.64. The van der Waals surface area contributed by atoms with Gasteiger partial charge in [-0.2, -0.15) is 0 Å². The molecule has 0 aliphatic carbocycles. The maximum absolute atomic E-state index is 12.3. The molecule has 2 heterocycles. The Bertz CT molecular complexity index is 976. The fraction of sp³-hybridized carbons (Fsp3) is 0.300. The van der Waals surface area contributed by atoms with Gasteiger partial charge < -0.3 is 9.84 Å². The summed E-state index contributed by atoms with van der Waals surface area (Å²) in [5, 5.41) is 11.8. The van der Waals surface area contributed by atoms with E-state index in [1.807, 2.05) is 50.4 Å². The molecule has 2 N–H and O–H groups in total. The number of benzene rings is 1. The van der Waals surface area contributed by atoms with Gasteiger partial charge in [-0.05, 0) is 18.4 Å². The number of aromatic nitrogens is 2. The molecular weight excluding hydrogens is 376 g/mol. The van der Waals surface area contributed by atoms with Gasteiger partial charge in [-0.25, -0.2) is 4.98 Å². The summed E-state index contributed by atoms with van der Waals surface area (Å²) in [6.07, 6.45) is 0. The topological polar surface area (TPSA) is 97.1 Å². The van der Waals surface area contributed by atoms with Crippen LogP contribution in [-0.2, 0) is 4.79 Å². The molecule has 0 spiro atoms. The van der Waals surface area contributed by atoms with E-state index >= 15 is 0 Å². The zero-order chi connectivity index (χ0) is 20.3. The van der Waals surface area contributed by atoms with Gasteiger partial charge in [-0.1, -0.05) is 43.3 Å². The summed E-state index contributed by atoms with van der Waals surface area (Å²) in [5.41, 5.74) is 3.43. The standard InChI is InChI=1S/C20H22N4O3S/c1-11(2)16-9-18(27-24-16)19(26)23-20-22-17(10-28-20)15-7-5-14(6-8-15)12(3)21-13(4)25/h5-12H,1-4H3,(H,21,25)(H,22,23,26)/t12-/m0/s1. The average Bonchev–Trinajstić information content (AvgIpc) is 3.31. The van der Waals surface area contributed by atoms with E-state index in [0.29, 0.717) is 5.13 Å². The van der Waals surface area contributed by atoms with Crippen molar-refractivity contribution in [3.8, 4) is 11.3 Å². The minimum absolute atomic E-state index is 0.0607. The Morgan fingerprint density at radius 2 is 1.86 bits per heavy atom. The normalized spacial score (nSPS) is 12.0. The molecule has 0 fully saturated rings. The first-order valence-electron chi connectivity index (χ1n) is 8.94. The Labute approximate surface area is 167 Å². The zero-order valence-corrected chi connectivity index (χ0v) is 17.0. The van der Waals surface area contributed by atoms with Crippen LogP contribution in [-0.4, -0.2) is 22.0 Å². The predicted octanol–water partition coefficient (Wildman–Crippen LogP) is 4.37. The number of amides is 2. The lowest BCUT2D eigenvalue weighted by atomic mass is 10.1. The molecule has 0 unspecified atom stereocenters. The van der Waals surface area contributed by atoms with Crippen LogP contribution in [0.4, 0.5) is 5.13 Å². The molecule has 7 nitrogen and oxygen atoms in total. The van der Waals surface area contributed by atoms with Gasteiger partial charge in [-0.3, -0.25) is 14.9 Å². The smallest absolute Gasteiger partial charge is 0.296 e. The highest BCUT2D eigenvalue weighted by Gasteiger charge is 2.16. The number of nitrogens with one attached hydrogen (secondary N) is 2. The number of anilines is 1. The van der Waals surface area contributed by atoms with E-state index in [-0.39, 0.29) is 29.5 Å². The van der Waals surface area contributed by atoms with Crippen molar-refractivity contribution in [3.05, 3.63) is 52.7 Å². The van der Waals surface area contributed by atoms with Crippen molar-refractivity contribution in [2.75, 3.05) is 5.32 Å². The summed E-state index contributed by atoms with van der Waals surface area (Å²) in [5.74, 6) is -0.0895. The van der Waals surface area contributed by atoms with Crippen LogP contribution < -0.4 is 10.6 Å². The number of thiazole rings is 1. The van der Waals surface area contributed by atoms with Crippen LogP contribution in [0.3, 0.4) is 0 Å². The summed E-state index contributed by atoms with van der Waals surface area (Å²) >= 11 is 1.34. The SMILES string of the molecule is CC(=O)N[C@@H](C)c1ccc(-c2csc(NC(=O)c3cc(C(C)C)no3)n2)cc1. The fourth-order valence-electron chi connectivity index (χ4n) is 2.62. The minimum atomic E-state index is -0.375. The summed E-state index contributed by atoms with van der Waals surface area (Å²) in [6.45, 7) is 7.39. The van der Waals surface area contributed by atoms with Gasteiger partial charge in [0, 0.05) is 23.9 Å². The summed E-state index contributed by atoms with van der Waals surface area (Å²) in [4.78, 5) is 27.9. The van der Waals surface area contributed by atoms with E-state index in [1.165, 1.54) is 18.3 Å². The second-order valence-electron chi connectivity index (χ2n) is 6.81. The van der Waals surface area contributed by atoms with Gasteiger partial charge in [-0.15, -0.1) is 11.3 Å². The second-order valence-corrected chi connectivity index (χ2v) is 7.67. The molecule has 0 radical (unpaired) electrons. The lowest BCUT2D eigenvalue weighted by molar-refractivity contribution is -0.119. The van der Waals surface area contributed by atoms with Gasteiger partial charge in [0.25, 0.3) is 5.91 Å². The molecule has 28 heavy (non-hydrogen) atoms. The van der Waals surface area contributed by atoms with Crippen molar-refractivity contribution >= 4 is 28.3 Å². The maximum atomic E-state index is 12.3. The third-order valence-electron chi connectivity index (χ3n) is 4.19. The molecule has 0 bridgehead atoms. The Balaban J connectivity index is 1.68. The number of rotatable bonds is 6. The summed E-state index contributed by atoms with van der Waals surface area (Å²) < 4.78 is 5.10. The second kappa shape index (κ2) is 8.35. The van der Waals surface area contributed by atoms with E-state index in [9.17, 15) is 9.59 Å². The van der Waals surface area contributed by atoms with Crippen molar-refractivity contribution in [1.82, 2.24) is 15.5 Å². The number of hydrogen-bond acceptors (Lipinski definition) is 6. The number of hydrogen-bond donors (Lipinski definition) is 2. The molecule has 3 rings (SSSR count). The number of carbonyl (C=O) groups excluding carboxylic acids is 2. The van der Waals surface area contributed by atoms with Crippen molar-refractivity contribution in [3.63, 3.8) is 0 Å². The van der Waals surface area contributed by atoms with E-state index < -0.39 is 0 Å². The monoisotopic (exact) mass is 398 g/mol. The van der Waals surface area contributed by atoms with Gasteiger partial charge in [0.05, 0.1) is 17.4 Å². The largest absolute Gasteiger partial charge is 0.351 e. The van der Waals surface area contributed by atoms with Crippen LogP contribution in [0, 0.1) is 0 Å². The molecule has 8 heteroatoms. The van der Waals surface area contributed by atoms with Crippen molar-refractivity contribution in [2.45, 2.75) is 39.7 Å². The first-order valence-corrected chi connectivity index (χ1v) is 9.82. The van der Waals surface area contributed by atoms with Crippen LogP contribution in [0.15, 0.2) is 40.2 Å². The van der Waals surface area contributed by atoms with E-state index in [2.05, 4.69) is 20.8 Å². The Morgan fingerprint density at radius 1 is 1.14 bits per heavy atom. The highest BCUT2D eigenvalue weighted by Crippen LogP contribution is 2.26. The van der Waals surface area contributed by atoms with Gasteiger partial charge in [0.15, 0.2) is 5.13 Å². The van der Waals surface area contributed by atoms with Gasteiger partial charge in [0.2, 0.25) is 11.7 Å². The third-order valence-corrected chi connectivity index (χ3v) is 4.95. The van der Waals surface area contributed by atoms with Crippen LogP contribution >= 0.6 is 11.3 Å². The van der Waals surface area contributed by atoms with E-state index in [0.717, 1.165) is 22.5 Å². The van der Waals surface area contributed by atoms with E-state index in [1.54, 1.807) is 6.07 Å². The summed E-state index contributed by atoms with van der Waals surface area (Å²) in [6, 6.07) is 9.38. The highest BCUT2D eigenvalue weighted by atomic mass is 32.1. The summed E-state index contributed by atoms with van der Waals surface area (Å²) in [7, 11) is 0. The highest BCUT2D eigenvalue weighted by molar-refractivity contribution is 7.14. The van der Waals surface area contributed by atoms with Crippen molar-refractivity contribution in [1.29, 1.82) is 0 Å². The molecule has 2 aromatic heterocycles. The molecule has 0 saturated heterocycles. The van der Waals surface area contributed by atoms with Gasteiger partial charge in [0.1, 0.15) is 0 Å². The number of nitrogens with zero attached hydrogens (tertiary/aromatic N) is 2. The maximum Gasteiger partial charge on any atom is 0.296 e. The Morgan fingerprint density at radius 3 is 2.46 bits per heavy atom. The molecule has 3 aromatic rings. The van der Waals surface area contributed by atoms with E-state index in [4.69, 9.17) is 4.52 Å². The molecule has 1 atom stereocenters.